The first-order valence-electron chi connectivity index (χ1n) is 7.17. The summed E-state index contributed by atoms with van der Waals surface area (Å²) >= 11 is 0. The molecule has 1 aliphatic heterocycles. The Morgan fingerprint density at radius 2 is 1.33 bits per heavy atom. The van der Waals surface area contributed by atoms with Gasteiger partial charge in [-0.05, 0) is 44.7 Å². The third kappa shape index (κ3) is 5.01. The lowest BCUT2D eigenvalue weighted by Crippen LogP contribution is -2.34. The number of hydrogen-bond donors (Lipinski definition) is 0. The molecule has 1 saturated carbocycles. The maximum Gasteiger partial charge on any atom is 0.000965 e. The van der Waals surface area contributed by atoms with Crippen LogP contribution in [0.1, 0.15) is 65.2 Å². The predicted octanol–water partition coefficient (Wildman–Crippen LogP) is 4.08. The molecule has 15 heavy (non-hydrogen) atoms. The van der Waals surface area contributed by atoms with E-state index < -0.39 is 0 Å². The average molecular weight is 211 g/mol. The molecule has 0 spiro atoms. The molecule has 1 saturated heterocycles. The molecular formula is C14H29N. The first kappa shape index (κ1) is 13.0. The smallest absolute Gasteiger partial charge is 0.000965 e. The van der Waals surface area contributed by atoms with Gasteiger partial charge in [0.25, 0.3) is 0 Å². The van der Waals surface area contributed by atoms with Crippen molar-refractivity contribution in [2.45, 2.75) is 65.2 Å². The fourth-order valence-electron chi connectivity index (χ4n) is 2.88. The lowest BCUT2D eigenvalue weighted by Gasteiger charge is -2.32. The molecule has 2 fully saturated rings. The van der Waals surface area contributed by atoms with Crippen LogP contribution in [-0.4, -0.2) is 24.5 Å². The van der Waals surface area contributed by atoms with Crippen LogP contribution in [0.4, 0.5) is 0 Å². The average Bonchev–Trinajstić information content (AvgIpc) is 2.34. The SMILES string of the molecule is C1CCC(CN2CCCCC2)CC1.CC. The number of nitrogens with zero attached hydrogens (tertiary/aromatic N) is 1. The van der Waals surface area contributed by atoms with Gasteiger partial charge in [0.2, 0.25) is 0 Å². The molecule has 1 aliphatic carbocycles. The Morgan fingerprint density at radius 3 is 1.93 bits per heavy atom. The molecule has 0 radical (unpaired) electrons. The Labute approximate surface area is 96.2 Å². The van der Waals surface area contributed by atoms with Gasteiger partial charge in [0.05, 0.1) is 0 Å². The zero-order valence-corrected chi connectivity index (χ0v) is 10.8. The summed E-state index contributed by atoms with van der Waals surface area (Å²) in [6, 6.07) is 0. The maximum atomic E-state index is 2.71. The number of likely N-dealkylation sites (tertiary alicyclic amines) is 1. The molecular weight excluding hydrogens is 182 g/mol. The van der Waals surface area contributed by atoms with Gasteiger partial charge in [0.15, 0.2) is 0 Å². The third-order valence-corrected chi connectivity index (χ3v) is 3.69. The van der Waals surface area contributed by atoms with Crippen molar-refractivity contribution in [3.8, 4) is 0 Å². The van der Waals surface area contributed by atoms with Crippen LogP contribution in [-0.2, 0) is 0 Å². The van der Waals surface area contributed by atoms with Gasteiger partial charge >= 0.3 is 0 Å². The minimum absolute atomic E-state index is 1.05. The summed E-state index contributed by atoms with van der Waals surface area (Å²) in [5, 5.41) is 0. The van der Waals surface area contributed by atoms with Gasteiger partial charge < -0.3 is 4.90 Å². The van der Waals surface area contributed by atoms with Gasteiger partial charge in [-0.15, -0.1) is 0 Å². The normalized spacial score (nSPS) is 24.4. The molecule has 0 amide bonds. The fourth-order valence-corrected chi connectivity index (χ4v) is 2.88. The van der Waals surface area contributed by atoms with E-state index in [-0.39, 0.29) is 0 Å². The number of rotatable bonds is 2. The minimum atomic E-state index is 1.05. The van der Waals surface area contributed by atoms with Crippen molar-refractivity contribution in [3.63, 3.8) is 0 Å². The quantitative estimate of drug-likeness (QED) is 0.665. The van der Waals surface area contributed by atoms with Crippen molar-refractivity contribution in [1.82, 2.24) is 4.90 Å². The highest BCUT2D eigenvalue weighted by molar-refractivity contribution is 4.72. The van der Waals surface area contributed by atoms with E-state index in [1.54, 1.807) is 0 Å². The molecule has 0 atom stereocenters. The molecule has 0 unspecified atom stereocenters. The van der Waals surface area contributed by atoms with Crippen molar-refractivity contribution in [1.29, 1.82) is 0 Å². The molecule has 1 nitrogen and oxygen atoms in total. The summed E-state index contributed by atoms with van der Waals surface area (Å²) in [7, 11) is 0. The third-order valence-electron chi connectivity index (χ3n) is 3.69. The second-order valence-electron chi connectivity index (χ2n) is 4.87. The van der Waals surface area contributed by atoms with E-state index in [1.807, 2.05) is 13.8 Å². The predicted molar refractivity (Wildman–Crippen MR) is 68.2 cm³/mol. The van der Waals surface area contributed by atoms with Crippen LogP contribution in [0, 0.1) is 5.92 Å². The highest BCUT2D eigenvalue weighted by atomic mass is 15.1. The highest BCUT2D eigenvalue weighted by Gasteiger charge is 2.18. The molecule has 0 bridgehead atoms. The molecule has 0 aromatic heterocycles. The Kier molecular flexibility index (Phi) is 7.08. The van der Waals surface area contributed by atoms with Crippen LogP contribution in [0.2, 0.25) is 0 Å². The van der Waals surface area contributed by atoms with Gasteiger partial charge in [-0.25, -0.2) is 0 Å². The van der Waals surface area contributed by atoms with Gasteiger partial charge in [-0.3, -0.25) is 0 Å². The Hall–Kier alpha value is -0.0400. The van der Waals surface area contributed by atoms with E-state index in [1.165, 1.54) is 71.0 Å². The molecule has 2 rings (SSSR count). The first-order chi connectivity index (χ1) is 7.45. The maximum absolute atomic E-state index is 2.71. The van der Waals surface area contributed by atoms with Crippen LogP contribution >= 0.6 is 0 Å². The lowest BCUT2D eigenvalue weighted by atomic mass is 9.88. The number of hydrogen-bond acceptors (Lipinski definition) is 1. The van der Waals surface area contributed by atoms with Gasteiger partial charge in [0, 0.05) is 6.54 Å². The zero-order valence-electron chi connectivity index (χ0n) is 10.8. The fraction of sp³-hybridized carbons (Fsp3) is 1.00. The summed E-state index contributed by atoms with van der Waals surface area (Å²) in [5.74, 6) is 1.05. The van der Waals surface area contributed by atoms with Crippen molar-refractivity contribution < 1.29 is 0 Å². The minimum Gasteiger partial charge on any atom is -0.303 e. The van der Waals surface area contributed by atoms with Crippen molar-refractivity contribution in [2.24, 2.45) is 5.92 Å². The first-order valence-corrected chi connectivity index (χ1v) is 7.17. The van der Waals surface area contributed by atoms with Crippen LogP contribution in [0.3, 0.4) is 0 Å². The van der Waals surface area contributed by atoms with E-state index in [2.05, 4.69) is 4.90 Å². The van der Waals surface area contributed by atoms with Crippen molar-refractivity contribution in [3.05, 3.63) is 0 Å². The Bertz CT molecular complexity index is 116. The summed E-state index contributed by atoms with van der Waals surface area (Å²) in [5.41, 5.74) is 0. The lowest BCUT2D eigenvalue weighted by molar-refractivity contribution is 0.174. The van der Waals surface area contributed by atoms with E-state index in [9.17, 15) is 0 Å². The second-order valence-corrected chi connectivity index (χ2v) is 4.87. The van der Waals surface area contributed by atoms with Crippen molar-refractivity contribution in [2.75, 3.05) is 19.6 Å². The summed E-state index contributed by atoms with van der Waals surface area (Å²) < 4.78 is 0. The summed E-state index contributed by atoms with van der Waals surface area (Å²) in [6.07, 6.45) is 11.9. The monoisotopic (exact) mass is 211 g/mol. The highest BCUT2D eigenvalue weighted by Crippen LogP contribution is 2.25. The van der Waals surface area contributed by atoms with E-state index in [0.717, 1.165) is 5.92 Å². The Balaban J connectivity index is 0.000000531. The Morgan fingerprint density at radius 1 is 0.800 bits per heavy atom. The summed E-state index contributed by atoms with van der Waals surface area (Å²) in [4.78, 5) is 2.71. The standard InChI is InChI=1S/C12H23N.C2H6/c1-3-7-12(8-4-1)11-13-9-5-2-6-10-13;1-2/h12H,1-11H2;1-2H3. The second kappa shape index (κ2) is 8.15. The van der Waals surface area contributed by atoms with Gasteiger partial charge in [-0.2, -0.15) is 0 Å². The summed E-state index contributed by atoms with van der Waals surface area (Å²) in [6.45, 7) is 8.19. The molecule has 0 aromatic rings. The van der Waals surface area contributed by atoms with Crippen LogP contribution in [0.15, 0.2) is 0 Å². The number of piperidine rings is 1. The molecule has 2 aliphatic rings. The largest absolute Gasteiger partial charge is 0.303 e. The van der Waals surface area contributed by atoms with Crippen LogP contribution < -0.4 is 0 Å². The van der Waals surface area contributed by atoms with Crippen LogP contribution in [0.25, 0.3) is 0 Å². The van der Waals surface area contributed by atoms with E-state index in [4.69, 9.17) is 0 Å². The molecule has 1 heterocycles. The topological polar surface area (TPSA) is 3.24 Å². The van der Waals surface area contributed by atoms with E-state index in [0.29, 0.717) is 0 Å². The molecule has 0 N–H and O–H groups in total. The zero-order chi connectivity index (χ0) is 10.9. The molecule has 1 heteroatoms. The van der Waals surface area contributed by atoms with Gasteiger partial charge in [0.1, 0.15) is 0 Å². The van der Waals surface area contributed by atoms with Gasteiger partial charge in [-0.1, -0.05) is 39.5 Å². The van der Waals surface area contributed by atoms with Crippen molar-refractivity contribution >= 4 is 0 Å². The molecule has 90 valence electrons. The van der Waals surface area contributed by atoms with Crippen LogP contribution in [0.5, 0.6) is 0 Å². The van der Waals surface area contributed by atoms with E-state index >= 15 is 0 Å². The molecule has 0 aromatic carbocycles.